The number of hydrogen-bond donors (Lipinski definition) is 4. The minimum atomic E-state index is -4.07. The number of terminal acetylenes is 1. The number of aromatic amines is 2. The number of carbonyl (C=O) groups excluding carboxylic acids is 1. The highest BCUT2D eigenvalue weighted by Crippen LogP contribution is 2.35. The van der Waals surface area contributed by atoms with E-state index in [9.17, 15) is 63.7 Å². The number of nitrogens with two attached hydrogens (primary N) is 1. The van der Waals surface area contributed by atoms with Crippen LogP contribution in [0.5, 0.6) is 0 Å². The zero-order valence-corrected chi connectivity index (χ0v) is 85.0. The smallest absolute Gasteiger partial charge is 0.269 e. The highest BCUT2D eigenvalue weighted by molar-refractivity contribution is 14.1. The molecule has 40 heteroatoms. The van der Waals surface area contributed by atoms with Crippen molar-refractivity contribution in [1.29, 1.82) is 0 Å². The molecule has 8 aromatic carbocycles. The molecule has 5 N–H and O–H groups in total. The number of amides is 1. The largest absolute Gasteiger partial charge is 0.381 e. The topological polar surface area (TPSA) is 464 Å². The summed E-state index contributed by atoms with van der Waals surface area (Å²) < 4.78 is 180. The number of aromatic nitrogens is 14. The van der Waals surface area contributed by atoms with Gasteiger partial charge in [-0.15, -0.1) is 6.42 Å². The molecule has 0 fully saturated rings. The molecule has 0 saturated carbocycles. The summed E-state index contributed by atoms with van der Waals surface area (Å²) in [6, 6.07) is 56.1. The summed E-state index contributed by atoms with van der Waals surface area (Å²) in [4.78, 5) is 64.6. The molecule has 0 unspecified atom stereocenters. The summed E-state index contributed by atoms with van der Waals surface area (Å²) in [6.45, 7) is 20.3. The van der Waals surface area contributed by atoms with Gasteiger partial charge in [-0.2, -0.15) is 0 Å². The van der Waals surface area contributed by atoms with Crippen LogP contribution in [0.15, 0.2) is 296 Å². The summed E-state index contributed by atoms with van der Waals surface area (Å²) in [6.07, 6.45) is 19.5. The molecule has 17 rings (SSSR count). The van der Waals surface area contributed by atoms with Crippen LogP contribution in [0.1, 0.15) is 96.4 Å². The third-order valence-corrected chi connectivity index (χ3v) is 37.1. The van der Waals surface area contributed by atoms with Gasteiger partial charge in [-0.05, 0) is 237 Å². The molecule has 0 spiro atoms. The van der Waals surface area contributed by atoms with Gasteiger partial charge in [0.2, 0.25) is 0 Å². The summed E-state index contributed by atoms with van der Waals surface area (Å²) in [7, 11) is -24.5. The van der Waals surface area contributed by atoms with E-state index in [0.717, 1.165) is 73.0 Å². The molecule has 0 radical (unpaired) electrons. The number of fused-ring (bicyclic) bond motifs is 4. The molecule has 9 aromatic heterocycles. The van der Waals surface area contributed by atoms with Crippen molar-refractivity contribution in [2.45, 2.75) is 144 Å². The lowest BCUT2D eigenvalue weighted by molar-refractivity contribution is 0.102. The number of carbonyl (C=O) groups is 1. The molecule has 0 atom stereocenters. The second-order valence-electron chi connectivity index (χ2n) is 32.2. The SMILES string of the molecule is C#Cc1nc(-c2ccc(S(=O)(=O)C(C)C)cc2)cnc1N.CC(C)S(=O)(=O)c1ccc(-c2cnc3[nH]cc(I)c3n2)cc1.CC(C)S(=O)(=O)c1ccc(-c2cnc3[nH]ccc3n2)cc1.Cc1ccc(S(=O)(=O)n2cc(I)c3nc(-c4ccc(S(=O)(=O)C(C)C)cc4)cnc32)cc1.Cc1ccc(S(=O)(=O)n2cc(NC(=O)c3ccccc3)c3nc(-c4ccc(S(=O)(=O)C(C)C)cc4)cnc32)cc1. The number of anilines is 2. The van der Waals surface area contributed by atoms with Crippen LogP contribution in [0, 0.1) is 33.3 Å². The number of nitrogen functional groups attached to an aromatic ring is 1. The van der Waals surface area contributed by atoms with Gasteiger partial charge in [-0.1, -0.05) is 114 Å². The number of rotatable bonds is 21. The number of nitrogens with one attached hydrogen (secondary N) is 3. The third kappa shape index (κ3) is 21.9. The molecule has 0 aliphatic carbocycles. The van der Waals surface area contributed by atoms with Crippen molar-refractivity contribution < 1.29 is 63.7 Å². The number of halogens is 2. The van der Waals surface area contributed by atoms with Crippen molar-refractivity contribution in [2.24, 2.45) is 0 Å². The first-order chi connectivity index (χ1) is 64.2. The van der Waals surface area contributed by atoms with E-state index < -0.39 is 101 Å². The average molecular weight is 2190 g/mol. The van der Waals surface area contributed by atoms with Gasteiger partial charge in [0.1, 0.15) is 22.1 Å². The highest BCUT2D eigenvalue weighted by atomic mass is 127. The first-order valence-corrected chi connectivity index (χ1v) is 54.5. The van der Waals surface area contributed by atoms with E-state index >= 15 is 0 Å². The fourth-order valence-electron chi connectivity index (χ4n) is 13.1. The van der Waals surface area contributed by atoms with E-state index in [1.807, 2.05) is 48.7 Å². The Morgan fingerprint density at radius 1 is 0.375 bits per heavy atom. The molecule has 0 aliphatic rings. The number of hydrogen-bond acceptors (Lipinski definition) is 26. The van der Waals surface area contributed by atoms with Gasteiger partial charge in [0.15, 0.2) is 83.3 Å². The quantitative estimate of drug-likeness (QED) is 0.0383. The molecule has 136 heavy (non-hydrogen) atoms. The van der Waals surface area contributed by atoms with Gasteiger partial charge < -0.3 is 21.0 Å². The average Bonchev–Trinajstić information content (AvgIpc) is 1.60. The molecule has 31 nitrogen and oxygen atoms in total. The number of nitrogens with zero attached hydrogens (tertiary/aromatic N) is 12. The van der Waals surface area contributed by atoms with Crippen LogP contribution in [0.25, 0.3) is 101 Å². The Morgan fingerprint density at radius 2 is 0.706 bits per heavy atom. The standard InChI is InChI=1S/C29H26N4O5S2.C22H20IN3O4S2.C15H14IN3O2S.2C15H15N3O2S/c1-19(2)39(35,36)23-15-11-21(12-16-23)25-17-30-28-27(31-25)26(32-29(34)22-7-5-4-6-8-22)18-33(28)40(37,38)24-13-9-20(3)10-14-24;1-14(2)31(27,28)17-10-6-16(7-11-17)20-12-24-22-21(25-20)19(23)13-26(22)32(29,30)18-8-4-15(3)5-9-18;1-9(2)22(20,21)11-5-3-10(4-6-11)13-8-18-15-14(19-13)12(16)7-17-15;1-10(2)21(19,20)12-5-3-11(4-6-12)14-9-17-15-13(18-14)7-8-16-15;1-4-13-15(16)17-9-14(18-13)11-5-7-12(8-6-11)21(19,20)10(2)3/h4-19H,1-3H3,(H,32,34);4-14H,1-3H3;3-9H,1-2H3,(H,17,18);3-10H,1-2H3,(H,16,17);1,5-10H,2-3H3,(H2,16,17). The van der Waals surface area contributed by atoms with Gasteiger partial charge in [-0.25, -0.2) is 117 Å². The number of sulfone groups is 5. The molecule has 0 saturated heterocycles. The maximum atomic E-state index is 13.6. The minimum absolute atomic E-state index is 0.0340. The van der Waals surface area contributed by atoms with Crippen molar-refractivity contribution in [2.75, 3.05) is 11.1 Å². The van der Waals surface area contributed by atoms with E-state index in [0.29, 0.717) is 52.6 Å². The molecule has 1 amide bonds. The zero-order valence-electron chi connectivity index (χ0n) is 75.0. The zero-order chi connectivity index (χ0) is 98.5. The maximum absolute atomic E-state index is 13.6. The molecule has 9 heterocycles. The Hall–Kier alpha value is -12.7. The normalized spacial score (nSPS) is 12.1. The van der Waals surface area contributed by atoms with Crippen LogP contribution in [0.2, 0.25) is 0 Å². The van der Waals surface area contributed by atoms with E-state index in [1.54, 1.807) is 264 Å². The Bertz CT molecular complexity index is 8280. The van der Waals surface area contributed by atoms with Crippen LogP contribution in [-0.4, -0.2) is 159 Å². The molecule has 0 bridgehead atoms. The van der Waals surface area contributed by atoms with Crippen molar-refractivity contribution in [3.63, 3.8) is 0 Å². The van der Waals surface area contributed by atoms with Crippen molar-refractivity contribution >= 4 is 176 Å². The molecule has 17 aromatic rings. The van der Waals surface area contributed by atoms with E-state index in [1.165, 1.54) is 55.2 Å². The molecule has 700 valence electrons. The molecular weight excluding hydrogens is 2100 g/mol. The predicted octanol–water partition coefficient (Wildman–Crippen LogP) is 17.6. The number of benzene rings is 8. The maximum Gasteiger partial charge on any atom is 0.269 e. The van der Waals surface area contributed by atoms with Crippen LogP contribution in [0.4, 0.5) is 11.5 Å². The number of aryl methyl sites for hydroxylation is 2. The first kappa shape index (κ1) is 101. The summed E-state index contributed by atoms with van der Waals surface area (Å²) in [5.41, 5.74) is 18.8. The fraction of sp³-hybridized carbons (Fsp3) is 0.177. The van der Waals surface area contributed by atoms with Gasteiger partial charge >= 0.3 is 0 Å². The van der Waals surface area contributed by atoms with Crippen LogP contribution < -0.4 is 11.1 Å². The van der Waals surface area contributed by atoms with Crippen molar-refractivity contribution in [3.8, 4) is 68.6 Å². The Labute approximate surface area is 815 Å². The van der Waals surface area contributed by atoms with Gasteiger partial charge in [0.05, 0.1) is 133 Å². The van der Waals surface area contributed by atoms with E-state index in [-0.39, 0.29) is 58.5 Å². The second-order valence-corrected chi connectivity index (χ2v) is 50.7. The molecular formula is C96H90I2N16O15S7. The lowest BCUT2D eigenvalue weighted by Gasteiger charge is -2.09. The number of H-pyrrole nitrogens is 2. The van der Waals surface area contributed by atoms with Crippen LogP contribution in [-0.2, 0) is 69.2 Å². The van der Waals surface area contributed by atoms with E-state index in [4.69, 9.17) is 12.2 Å². The second kappa shape index (κ2) is 41.1. The van der Waals surface area contributed by atoms with Crippen LogP contribution >= 0.6 is 45.2 Å². The van der Waals surface area contributed by atoms with Gasteiger partial charge in [0.25, 0.3) is 26.0 Å². The summed E-state index contributed by atoms with van der Waals surface area (Å²) in [5, 5.41) is 0.356. The Morgan fingerprint density at radius 3 is 1.10 bits per heavy atom. The Kier molecular flexibility index (Phi) is 30.4. The summed E-state index contributed by atoms with van der Waals surface area (Å²) in [5.74, 6) is 2.11. The van der Waals surface area contributed by atoms with Gasteiger partial charge in [-0.3, -0.25) is 4.79 Å². The van der Waals surface area contributed by atoms with Crippen LogP contribution in [0.3, 0.4) is 0 Å². The van der Waals surface area contributed by atoms with Crippen molar-refractivity contribution in [3.05, 3.63) is 292 Å². The van der Waals surface area contributed by atoms with Gasteiger partial charge in [0, 0.05) is 58.2 Å². The monoisotopic (exact) mass is 2180 g/mol. The predicted molar refractivity (Wildman–Crippen MR) is 543 cm³/mol. The van der Waals surface area contributed by atoms with E-state index in [2.05, 4.69) is 93.6 Å². The third-order valence-electron chi connectivity index (χ3n) is 21.4. The fourth-order valence-corrected chi connectivity index (χ4v) is 22.4. The minimum Gasteiger partial charge on any atom is -0.381 e. The highest BCUT2D eigenvalue weighted by Gasteiger charge is 2.30. The first-order valence-electron chi connectivity index (χ1n) is 41.8. The lowest BCUT2D eigenvalue weighted by Crippen LogP contribution is -2.13. The van der Waals surface area contributed by atoms with Crippen molar-refractivity contribution in [1.82, 2.24) is 67.8 Å². The summed E-state index contributed by atoms with van der Waals surface area (Å²) >= 11 is 4.23. The Balaban J connectivity index is 0.000000148. The lowest BCUT2D eigenvalue weighted by atomic mass is 10.1. The molecule has 0 aliphatic heterocycles.